The molecule has 23 heavy (non-hydrogen) atoms. The molecule has 0 aliphatic heterocycles. The van der Waals surface area contributed by atoms with Crippen LogP contribution in [0.25, 0.3) is 0 Å². The summed E-state index contributed by atoms with van der Waals surface area (Å²) in [6.07, 6.45) is -3.39. The zero-order valence-corrected chi connectivity index (χ0v) is 13.5. The zero-order valence-electron chi connectivity index (χ0n) is 11.9. The molecule has 1 heterocycles. The van der Waals surface area contributed by atoms with Gasteiger partial charge in [-0.2, -0.15) is 18.3 Å². The van der Waals surface area contributed by atoms with Gasteiger partial charge in [-0.15, -0.1) is 0 Å². The van der Waals surface area contributed by atoms with Gasteiger partial charge in [0, 0.05) is 17.8 Å². The molecule has 0 radical (unpaired) electrons. The van der Waals surface area contributed by atoms with Crippen LogP contribution >= 0.6 is 11.6 Å². The third kappa shape index (κ3) is 4.46. The minimum absolute atomic E-state index is 0.00968. The number of hydrogen-bond acceptors (Lipinski definition) is 3. The Kier molecular flexibility index (Phi) is 5.02. The van der Waals surface area contributed by atoms with E-state index in [1.807, 2.05) is 0 Å². The lowest BCUT2D eigenvalue weighted by molar-refractivity contribution is -0.141. The highest BCUT2D eigenvalue weighted by molar-refractivity contribution is 7.89. The van der Waals surface area contributed by atoms with Crippen molar-refractivity contribution in [3.05, 3.63) is 46.7 Å². The largest absolute Gasteiger partial charge is 0.435 e. The van der Waals surface area contributed by atoms with Gasteiger partial charge in [0.15, 0.2) is 5.69 Å². The third-order valence-electron chi connectivity index (χ3n) is 3.02. The maximum absolute atomic E-state index is 12.4. The fraction of sp³-hybridized carbons (Fsp3) is 0.308. The van der Waals surface area contributed by atoms with Crippen molar-refractivity contribution < 1.29 is 21.6 Å². The molecule has 10 heteroatoms. The van der Waals surface area contributed by atoms with Crippen molar-refractivity contribution in [3.8, 4) is 0 Å². The lowest BCUT2D eigenvalue weighted by Crippen LogP contribution is -2.27. The van der Waals surface area contributed by atoms with E-state index in [0.717, 1.165) is 22.5 Å². The van der Waals surface area contributed by atoms with Crippen molar-refractivity contribution in [2.24, 2.45) is 0 Å². The Labute approximate surface area is 136 Å². The Hall–Kier alpha value is -1.58. The predicted octanol–water partition coefficient (Wildman–Crippen LogP) is 2.84. The SMILES string of the molecule is Cc1ccc(S(=O)(=O)NCCn2ccc(C(F)(F)F)n2)cc1Cl. The number of alkyl halides is 3. The summed E-state index contributed by atoms with van der Waals surface area (Å²) in [5, 5.41) is 3.65. The van der Waals surface area contributed by atoms with E-state index in [9.17, 15) is 21.6 Å². The second kappa shape index (κ2) is 6.50. The molecule has 1 aromatic heterocycles. The maximum Gasteiger partial charge on any atom is 0.435 e. The lowest BCUT2D eigenvalue weighted by Gasteiger charge is -2.08. The van der Waals surface area contributed by atoms with Crippen LogP contribution in [0.15, 0.2) is 35.4 Å². The summed E-state index contributed by atoms with van der Waals surface area (Å²) in [7, 11) is -3.79. The van der Waals surface area contributed by atoms with Gasteiger partial charge in [0.25, 0.3) is 0 Å². The highest BCUT2D eigenvalue weighted by Gasteiger charge is 2.33. The van der Waals surface area contributed by atoms with Crippen molar-refractivity contribution >= 4 is 21.6 Å². The molecule has 2 rings (SSSR count). The summed E-state index contributed by atoms with van der Waals surface area (Å²) >= 11 is 5.88. The second-order valence-corrected chi connectivity index (χ2v) is 6.94. The third-order valence-corrected chi connectivity index (χ3v) is 4.88. The lowest BCUT2D eigenvalue weighted by atomic mass is 10.2. The maximum atomic E-state index is 12.4. The molecule has 5 nitrogen and oxygen atoms in total. The van der Waals surface area contributed by atoms with E-state index in [0.29, 0.717) is 5.02 Å². The molecule has 0 bridgehead atoms. The van der Waals surface area contributed by atoms with Crippen LogP contribution in [-0.4, -0.2) is 24.7 Å². The Bertz CT molecular complexity index is 803. The summed E-state index contributed by atoms with van der Waals surface area (Å²) < 4.78 is 64.7. The van der Waals surface area contributed by atoms with Crippen LogP contribution in [0, 0.1) is 6.92 Å². The van der Waals surface area contributed by atoms with Gasteiger partial charge >= 0.3 is 6.18 Å². The summed E-state index contributed by atoms with van der Waals surface area (Å²) in [6, 6.07) is 5.11. The van der Waals surface area contributed by atoms with Crippen molar-refractivity contribution in [3.63, 3.8) is 0 Å². The predicted molar refractivity (Wildman–Crippen MR) is 78.6 cm³/mol. The Morgan fingerprint density at radius 2 is 2.00 bits per heavy atom. The number of nitrogens with one attached hydrogen (secondary N) is 1. The number of halogens is 4. The number of aromatic nitrogens is 2. The van der Waals surface area contributed by atoms with E-state index in [1.165, 1.54) is 12.1 Å². The van der Waals surface area contributed by atoms with E-state index < -0.39 is 21.9 Å². The van der Waals surface area contributed by atoms with Crippen molar-refractivity contribution in [1.82, 2.24) is 14.5 Å². The zero-order chi connectivity index (χ0) is 17.3. The summed E-state index contributed by atoms with van der Waals surface area (Å²) in [4.78, 5) is -0.00968. The first-order valence-corrected chi connectivity index (χ1v) is 8.32. The van der Waals surface area contributed by atoms with Gasteiger partial charge in [-0.3, -0.25) is 4.68 Å². The monoisotopic (exact) mass is 367 g/mol. The number of sulfonamides is 1. The average Bonchev–Trinajstić information content (AvgIpc) is 2.90. The van der Waals surface area contributed by atoms with E-state index in [4.69, 9.17) is 11.6 Å². The van der Waals surface area contributed by atoms with Crippen LogP contribution in [0.2, 0.25) is 5.02 Å². The molecule has 0 aliphatic carbocycles. The Morgan fingerprint density at radius 1 is 1.30 bits per heavy atom. The highest BCUT2D eigenvalue weighted by Crippen LogP contribution is 2.27. The molecule has 0 aliphatic rings. The number of hydrogen-bond donors (Lipinski definition) is 1. The Morgan fingerprint density at radius 3 is 2.57 bits per heavy atom. The standard InChI is InChI=1S/C13H13ClF3N3O2S/c1-9-2-3-10(8-11(9)14)23(21,22)18-5-7-20-6-4-12(19-20)13(15,16)17/h2-4,6,8,18H,5,7H2,1H3. The van der Waals surface area contributed by atoms with Gasteiger partial charge < -0.3 is 0 Å². The quantitative estimate of drug-likeness (QED) is 0.883. The van der Waals surface area contributed by atoms with Crippen molar-refractivity contribution in [2.75, 3.05) is 6.54 Å². The molecule has 126 valence electrons. The van der Waals surface area contributed by atoms with Gasteiger partial charge in [-0.1, -0.05) is 17.7 Å². The van der Waals surface area contributed by atoms with Crippen LogP contribution < -0.4 is 4.72 Å². The number of rotatable bonds is 5. The van der Waals surface area contributed by atoms with Gasteiger partial charge in [0.05, 0.1) is 11.4 Å². The van der Waals surface area contributed by atoms with Gasteiger partial charge in [-0.25, -0.2) is 13.1 Å². The summed E-state index contributed by atoms with van der Waals surface area (Å²) in [5.74, 6) is 0. The molecule has 0 spiro atoms. The van der Waals surface area contributed by atoms with Gasteiger partial charge in [-0.05, 0) is 30.7 Å². The van der Waals surface area contributed by atoms with Gasteiger partial charge in [0.1, 0.15) is 0 Å². The molecule has 0 unspecified atom stereocenters. The number of benzene rings is 1. The fourth-order valence-corrected chi connectivity index (χ4v) is 3.05. The first-order valence-electron chi connectivity index (χ1n) is 6.46. The Balaban J connectivity index is 2.00. The minimum atomic E-state index is -4.52. The number of aryl methyl sites for hydroxylation is 1. The second-order valence-electron chi connectivity index (χ2n) is 4.77. The van der Waals surface area contributed by atoms with Gasteiger partial charge in [0.2, 0.25) is 10.0 Å². The molecule has 1 aromatic carbocycles. The molecule has 0 fully saturated rings. The topological polar surface area (TPSA) is 64.0 Å². The molecule has 0 amide bonds. The van der Waals surface area contributed by atoms with Crippen LogP contribution in [-0.2, 0) is 22.7 Å². The van der Waals surface area contributed by atoms with E-state index in [2.05, 4.69) is 9.82 Å². The molecule has 0 saturated carbocycles. The van der Waals surface area contributed by atoms with E-state index in [-0.39, 0.29) is 18.0 Å². The molecule has 2 aromatic rings. The highest BCUT2D eigenvalue weighted by atomic mass is 35.5. The average molecular weight is 368 g/mol. The first-order chi connectivity index (χ1) is 10.6. The van der Waals surface area contributed by atoms with E-state index in [1.54, 1.807) is 13.0 Å². The molecule has 0 atom stereocenters. The molecular formula is C13H13ClF3N3O2S. The van der Waals surface area contributed by atoms with Crippen molar-refractivity contribution in [1.29, 1.82) is 0 Å². The molecule has 0 saturated heterocycles. The van der Waals surface area contributed by atoms with Crippen LogP contribution in [0.4, 0.5) is 13.2 Å². The van der Waals surface area contributed by atoms with Crippen molar-refractivity contribution in [2.45, 2.75) is 24.5 Å². The normalized spacial score (nSPS) is 12.6. The first kappa shape index (κ1) is 17.8. The molecular weight excluding hydrogens is 355 g/mol. The summed E-state index contributed by atoms with van der Waals surface area (Å²) in [5.41, 5.74) is -0.285. The molecule has 1 N–H and O–H groups in total. The minimum Gasteiger partial charge on any atom is -0.271 e. The van der Waals surface area contributed by atoms with Crippen LogP contribution in [0.5, 0.6) is 0 Å². The number of nitrogens with zero attached hydrogens (tertiary/aromatic N) is 2. The van der Waals surface area contributed by atoms with E-state index >= 15 is 0 Å². The van der Waals surface area contributed by atoms with Crippen LogP contribution in [0.1, 0.15) is 11.3 Å². The van der Waals surface area contributed by atoms with Crippen LogP contribution in [0.3, 0.4) is 0 Å². The fourth-order valence-electron chi connectivity index (χ4n) is 1.76. The summed E-state index contributed by atoms with van der Waals surface area (Å²) in [6.45, 7) is 1.60. The smallest absolute Gasteiger partial charge is 0.271 e.